The Kier molecular flexibility index (Phi) is 11.0. The Labute approximate surface area is 211 Å². The van der Waals surface area contributed by atoms with Gasteiger partial charge in [-0.3, -0.25) is 4.98 Å². The standard InChI is InChI=1S/C26H25FN4O3.C2H6/c1-5-33-26(32)21-14-28-12-11-22(21)30-25-23(34-16-19-9-7-6-8-10-19)15-29-24(31-25)20(18(4)27)13-17(2)3;1-2/h6-15H,2,4-5,16H2,1,3H3,(H,28,29,30,31);1-2H3/b20-13+;. The predicted molar refractivity (Wildman–Crippen MR) is 141 cm³/mol. The van der Waals surface area contributed by atoms with Crippen LogP contribution in [0.15, 0.2) is 85.6 Å². The van der Waals surface area contributed by atoms with Crippen molar-refractivity contribution in [3.05, 3.63) is 103 Å². The maximum absolute atomic E-state index is 14.2. The maximum atomic E-state index is 14.2. The number of nitrogens with zero attached hydrogens (tertiary/aromatic N) is 3. The van der Waals surface area contributed by atoms with Crippen LogP contribution in [0, 0.1) is 0 Å². The number of hydrogen-bond acceptors (Lipinski definition) is 7. The number of carbonyl (C=O) groups is 1. The van der Waals surface area contributed by atoms with Crippen LogP contribution < -0.4 is 10.1 Å². The largest absolute Gasteiger partial charge is 0.483 e. The van der Waals surface area contributed by atoms with Gasteiger partial charge in [0.05, 0.1) is 24.1 Å². The number of aromatic nitrogens is 3. The lowest BCUT2D eigenvalue weighted by Crippen LogP contribution is -2.10. The first-order valence-corrected chi connectivity index (χ1v) is 11.5. The van der Waals surface area contributed by atoms with Crippen molar-refractivity contribution in [1.29, 1.82) is 0 Å². The Morgan fingerprint density at radius 3 is 2.50 bits per heavy atom. The molecule has 0 unspecified atom stereocenters. The van der Waals surface area contributed by atoms with Crippen molar-refractivity contribution in [3.63, 3.8) is 0 Å². The number of pyridine rings is 1. The normalized spacial score (nSPS) is 10.5. The predicted octanol–water partition coefficient (Wildman–Crippen LogP) is 6.84. The minimum absolute atomic E-state index is 0.0804. The van der Waals surface area contributed by atoms with Gasteiger partial charge in [-0.2, -0.15) is 0 Å². The van der Waals surface area contributed by atoms with Crippen LogP contribution in [0.4, 0.5) is 15.9 Å². The number of halogens is 1. The topological polar surface area (TPSA) is 86.2 Å². The summed E-state index contributed by atoms with van der Waals surface area (Å²) in [6, 6.07) is 11.2. The average molecular weight is 491 g/mol. The summed E-state index contributed by atoms with van der Waals surface area (Å²) in [5, 5.41) is 3.09. The zero-order valence-electron chi connectivity index (χ0n) is 21.0. The van der Waals surface area contributed by atoms with E-state index >= 15 is 0 Å². The van der Waals surface area contributed by atoms with Gasteiger partial charge in [-0.15, -0.1) is 0 Å². The highest BCUT2D eigenvalue weighted by Crippen LogP contribution is 2.31. The van der Waals surface area contributed by atoms with E-state index < -0.39 is 11.8 Å². The second-order valence-electron chi connectivity index (χ2n) is 7.26. The van der Waals surface area contributed by atoms with Crippen molar-refractivity contribution in [2.24, 2.45) is 0 Å². The third kappa shape index (κ3) is 7.87. The number of hydrogen-bond donors (Lipinski definition) is 1. The smallest absolute Gasteiger partial charge is 0.341 e. The van der Waals surface area contributed by atoms with Crippen LogP contribution in [0.3, 0.4) is 0 Å². The number of benzene rings is 1. The number of allylic oxidation sites excluding steroid dienone is 4. The van der Waals surface area contributed by atoms with Crippen LogP contribution >= 0.6 is 0 Å². The summed E-state index contributed by atoms with van der Waals surface area (Å²) >= 11 is 0. The fraction of sp³-hybridized carbons (Fsp3) is 0.214. The van der Waals surface area contributed by atoms with Gasteiger partial charge in [-0.05, 0) is 31.6 Å². The second-order valence-corrected chi connectivity index (χ2v) is 7.26. The Morgan fingerprint density at radius 2 is 1.86 bits per heavy atom. The zero-order chi connectivity index (χ0) is 26.5. The molecule has 2 heterocycles. The molecule has 0 aliphatic carbocycles. The zero-order valence-corrected chi connectivity index (χ0v) is 21.0. The number of anilines is 2. The van der Waals surface area contributed by atoms with E-state index in [1.165, 1.54) is 24.7 Å². The molecular formula is C28H31FN4O3. The van der Waals surface area contributed by atoms with Crippen molar-refractivity contribution in [2.45, 2.75) is 34.3 Å². The number of rotatable bonds is 10. The molecule has 2 aromatic heterocycles. The lowest BCUT2D eigenvalue weighted by Gasteiger charge is -2.15. The van der Waals surface area contributed by atoms with Gasteiger partial charge in [0.1, 0.15) is 18.0 Å². The molecule has 3 rings (SSSR count). The summed E-state index contributed by atoms with van der Waals surface area (Å²) in [6.07, 6.45) is 5.85. The van der Waals surface area contributed by atoms with Gasteiger partial charge in [-0.1, -0.05) is 62.9 Å². The Bertz CT molecular complexity index is 1230. The number of ether oxygens (including phenoxy) is 2. The Hall–Kier alpha value is -4.33. The van der Waals surface area contributed by atoms with Gasteiger partial charge < -0.3 is 14.8 Å². The lowest BCUT2D eigenvalue weighted by atomic mass is 10.1. The fourth-order valence-corrected chi connectivity index (χ4v) is 2.94. The number of nitrogens with one attached hydrogen (secondary N) is 1. The SMILES string of the molecule is C=C(C)/C=C(\C(=C)F)c1ncc(OCc2ccccc2)c(Nc2ccncc2C(=O)OCC)n1.CC. The monoisotopic (exact) mass is 490 g/mol. The van der Waals surface area contributed by atoms with E-state index in [2.05, 4.69) is 33.4 Å². The number of esters is 1. The highest BCUT2D eigenvalue weighted by molar-refractivity contribution is 5.96. The molecule has 3 aromatic rings. The molecule has 0 radical (unpaired) electrons. The first-order chi connectivity index (χ1) is 17.4. The average Bonchev–Trinajstić information content (AvgIpc) is 2.88. The van der Waals surface area contributed by atoms with Gasteiger partial charge in [0.2, 0.25) is 0 Å². The highest BCUT2D eigenvalue weighted by atomic mass is 19.1. The van der Waals surface area contributed by atoms with E-state index in [1.807, 2.05) is 44.2 Å². The van der Waals surface area contributed by atoms with E-state index in [4.69, 9.17) is 9.47 Å². The van der Waals surface area contributed by atoms with Crippen LogP contribution in [-0.2, 0) is 11.3 Å². The molecule has 0 aliphatic heterocycles. The molecular weight excluding hydrogens is 459 g/mol. The Balaban J connectivity index is 0.00000222. The van der Waals surface area contributed by atoms with Crippen molar-refractivity contribution >= 4 is 23.0 Å². The second kappa shape index (κ2) is 14.2. The quantitative estimate of drug-likeness (QED) is 0.246. The molecule has 0 saturated heterocycles. The molecule has 0 atom stereocenters. The molecule has 0 spiro atoms. The lowest BCUT2D eigenvalue weighted by molar-refractivity contribution is 0.0527. The molecule has 8 heteroatoms. The van der Waals surface area contributed by atoms with Crippen molar-refractivity contribution in [2.75, 3.05) is 11.9 Å². The Morgan fingerprint density at radius 1 is 1.14 bits per heavy atom. The van der Waals surface area contributed by atoms with E-state index in [0.717, 1.165) is 5.56 Å². The van der Waals surface area contributed by atoms with Crippen LogP contribution in [0.25, 0.3) is 5.57 Å². The van der Waals surface area contributed by atoms with Gasteiger partial charge in [-0.25, -0.2) is 19.2 Å². The summed E-state index contributed by atoms with van der Waals surface area (Å²) in [5.41, 5.74) is 2.24. The fourth-order valence-electron chi connectivity index (χ4n) is 2.94. The molecule has 36 heavy (non-hydrogen) atoms. The van der Waals surface area contributed by atoms with E-state index in [1.54, 1.807) is 19.9 Å². The summed E-state index contributed by atoms with van der Waals surface area (Å²) in [4.78, 5) is 25.1. The first-order valence-electron chi connectivity index (χ1n) is 11.5. The molecule has 0 fully saturated rings. The van der Waals surface area contributed by atoms with Crippen molar-refractivity contribution in [1.82, 2.24) is 15.0 Å². The first kappa shape index (κ1) is 27.9. The molecule has 0 bridgehead atoms. The van der Waals surface area contributed by atoms with Crippen LogP contribution in [0.2, 0.25) is 0 Å². The van der Waals surface area contributed by atoms with Crippen molar-refractivity contribution in [3.8, 4) is 5.75 Å². The molecule has 0 aliphatic rings. The molecule has 1 aromatic carbocycles. The number of carbonyl (C=O) groups excluding carboxylic acids is 1. The minimum Gasteiger partial charge on any atom is -0.483 e. The highest BCUT2D eigenvalue weighted by Gasteiger charge is 2.18. The summed E-state index contributed by atoms with van der Waals surface area (Å²) in [5.74, 6) is -0.635. The van der Waals surface area contributed by atoms with Gasteiger partial charge in [0.25, 0.3) is 0 Å². The van der Waals surface area contributed by atoms with Crippen LogP contribution in [0.5, 0.6) is 5.75 Å². The van der Waals surface area contributed by atoms with Crippen LogP contribution in [-0.4, -0.2) is 27.5 Å². The van der Waals surface area contributed by atoms with Gasteiger partial charge >= 0.3 is 5.97 Å². The molecule has 1 N–H and O–H groups in total. The van der Waals surface area contributed by atoms with E-state index in [-0.39, 0.29) is 36.0 Å². The third-order valence-corrected chi connectivity index (χ3v) is 4.49. The molecule has 0 saturated carbocycles. The summed E-state index contributed by atoms with van der Waals surface area (Å²) in [6.45, 7) is 15.1. The van der Waals surface area contributed by atoms with Crippen molar-refractivity contribution < 1.29 is 18.7 Å². The molecule has 0 amide bonds. The van der Waals surface area contributed by atoms with Gasteiger partial charge in [0, 0.05) is 12.4 Å². The van der Waals surface area contributed by atoms with Gasteiger partial charge in [0.15, 0.2) is 17.4 Å². The summed E-state index contributed by atoms with van der Waals surface area (Å²) < 4.78 is 25.3. The maximum Gasteiger partial charge on any atom is 0.341 e. The van der Waals surface area contributed by atoms with E-state index in [9.17, 15) is 9.18 Å². The van der Waals surface area contributed by atoms with Crippen LogP contribution in [0.1, 0.15) is 49.4 Å². The molecule has 7 nitrogen and oxygen atoms in total. The summed E-state index contributed by atoms with van der Waals surface area (Å²) in [7, 11) is 0. The van der Waals surface area contributed by atoms with E-state index in [0.29, 0.717) is 17.0 Å². The third-order valence-electron chi connectivity index (χ3n) is 4.49. The molecule has 188 valence electrons. The minimum atomic E-state index is -0.706.